The molecule has 0 spiro atoms. The van der Waals surface area contributed by atoms with Crippen molar-refractivity contribution in [2.45, 2.75) is 38.8 Å². The van der Waals surface area contributed by atoms with Gasteiger partial charge in [0.1, 0.15) is 6.61 Å². The quantitative estimate of drug-likeness (QED) is 0.648. The van der Waals surface area contributed by atoms with Crippen molar-refractivity contribution in [1.29, 1.82) is 0 Å². The van der Waals surface area contributed by atoms with Crippen LogP contribution in [0.5, 0.6) is 0 Å². The maximum absolute atomic E-state index is 10.6. The summed E-state index contributed by atoms with van der Waals surface area (Å²) < 4.78 is 14.5. The van der Waals surface area contributed by atoms with Crippen molar-refractivity contribution in [1.82, 2.24) is 0 Å². The van der Waals surface area contributed by atoms with E-state index in [0.29, 0.717) is 6.42 Å². The number of hydrogen-bond donors (Lipinski definition) is 1. The van der Waals surface area contributed by atoms with Gasteiger partial charge in [-0.15, -0.1) is 0 Å². The summed E-state index contributed by atoms with van der Waals surface area (Å²) in [7, 11) is 0. The van der Waals surface area contributed by atoms with Gasteiger partial charge >= 0.3 is 11.9 Å². The minimum Gasteiger partial charge on any atom is -0.463 e. The zero-order valence-electron chi connectivity index (χ0n) is 8.63. The fourth-order valence-electron chi connectivity index (χ4n) is 1.35. The van der Waals surface area contributed by atoms with E-state index in [1.807, 2.05) is 0 Å². The maximum Gasteiger partial charge on any atom is 0.303 e. The Kier molecular flexibility index (Phi) is 4.05. The van der Waals surface area contributed by atoms with Crippen LogP contribution in [0.25, 0.3) is 0 Å². The number of carbonyl (C=O) groups excluding carboxylic acids is 2. The highest BCUT2D eigenvalue weighted by Gasteiger charge is 2.36. The van der Waals surface area contributed by atoms with Crippen LogP contribution >= 0.6 is 0 Å². The van der Waals surface area contributed by atoms with E-state index in [1.54, 1.807) is 0 Å². The molecule has 1 N–H and O–H groups in total. The molecule has 1 saturated heterocycles. The van der Waals surface area contributed by atoms with Crippen LogP contribution in [0, 0.1) is 0 Å². The lowest BCUT2D eigenvalue weighted by atomic mass is 10.2. The molecule has 0 saturated carbocycles. The average Bonchev–Trinajstić information content (AvgIpc) is 2.43. The predicted octanol–water partition coefficient (Wildman–Crippen LogP) is -0.412. The lowest BCUT2D eigenvalue weighted by Crippen LogP contribution is -2.25. The molecule has 1 rings (SSSR count). The van der Waals surface area contributed by atoms with Gasteiger partial charge in [-0.1, -0.05) is 0 Å². The topological polar surface area (TPSA) is 82.1 Å². The van der Waals surface area contributed by atoms with Crippen molar-refractivity contribution < 1.29 is 28.9 Å². The Bertz CT molecular complexity index is 251. The van der Waals surface area contributed by atoms with Crippen molar-refractivity contribution in [3.8, 4) is 0 Å². The van der Waals surface area contributed by atoms with Crippen LogP contribution in [-0.2, 0) is 23.8 Å². The summed E-state index contributed by atoms with van der Waals surface area (Å²) in [5.74, 6) is -0.889. The van der Waals surface area contributed by atoms with Crippen molar-refractivity contribution >= 4 is 11.9 Å². The van der Waals surface area contributed by atoms with E-state index < -0.39 is 30.4 Å². The first-order valence-electron chi connectivity index (χ1n) is 4.63. The number of hydrogen-bond acceptors (Lipinski definition) is 6. The molecular weight excluding hydrogens is 204 g/mol. The summed E-state index contributed by atoms with van der Waals surface area (Å²) in [6.45, 7) is 2.60. The van der Waals surface area contributed by atoms with E-state index in [1.165, 1.54) is 13.8 Å². The zero-order valence-corrected chi connectivity index (χ0v) is 8.63. The number of carbonyl (C=O) groups is 2. The molecule has 0 aliphatic carbocycles. The van der Waals surface area contributed by atoms with Gasteiger partial charge in [0.05, 0.1) is 6.10 Å². The predicted molar refractivity (Wildman–Crippen MR) is 47.7 cm³/mol. The molecule has 6 heteroatoms. The molecule has 1 heterocycles. The Labute approximate surface area is 87.1 Å². The number of rotatable bonds is 3. The normalized spacial score (nSPS) is 29.9. The highest BCUT2D eigenvalue weighted by molar-refractivity contribution is 5.66. The monoisotopic (exact) mass is 218 g/mol. The average molecular weight is 218 g/mol. The lowest BCUT2D eigenvalue weighted by molar-refractivity contribution is -0.170. The molecule has 0 radical (unpaired) electrons. The third kappa shape index (κ3) is 3.85. The molecule has 15 heavy (non-hydrogen) atoms. The fourth-order valence-corrected chi connectivity index (χ4v) is 1.35. The molecule has 0 aromatic carbocycles. The molecule has 0 aromatic rings. The van der Waals surface area contributed by atoms with Crippen molar-refractivity contribution in [3.63, 3.8) is 0 Å². The summed E-state index contributed by atoms with van der Waals surface area (Å²) in [5.41, 5.74) is 0. The SMILES string of the molecule is CC(=O)OC[C@@H]1C[C@@H](OC(C)=O)[C@H](O)O1. The largest absolute Gasteiger partial charge is 0.463 e. The Morgan fingerprint density at radius 2 is 2.07 bits per heavy atom. The number of esters is 2. The third-order valence-electron chi connectivity index (χ3n) is 1.93. The number of aliphatic hydroxyl groups excluding tert-OH is 1. The molecular formula is C9H14O6. The van der Waals surface area contributed by atoms with Gasteiger partial charge in [0.25, 0.3) is 0 Å². The summed E-state index contributed by atoms with van der Waals surface area (Å²) in [5, 5.41) is 9.33. The molecule has 6 nitrogen and oxygen atoms in total. The number of ether oxygens (including phenoxy) is 3. The smallest absolute Gasteiger partial charge is 0.303 e. The van der Waals surface area contributed by atoms with E-state index in [0.717, 1.165) is 0 Å². The molecule has 1 aliphatic heterocycles. The van der Waals surface area contributed by atoms with Gasteiger partial charge in [-0.25, -0.2) is 0 Å². The van der Waals surface area contributed by atoms with Crippen LogP contribution < -0.4 is 0 Å². The van der Waals surface area contributed by atoms with Gasteiger partial charge in [-0.2, -0.15) is 0 Å². The molecule has 1 fully saturated rings. The first kappa shape index (κ1) is 11.9. The second kappa shape index (κ2) is 5.09. The standard InChI is InChI=1S/C9H14O6/c1-5(10)13-4-7-3-8(9(12)15-7)14-6(2)11/h7-9,12H,3-4H2,1-2H3/t7-,8+,9+/m0/s1. The van der Waals surface area contributed by atoms with E-state index in [9.17, 15) is 14.7 Å². The van der Waals surface area contributed by atoms with E-state index in [2.05, 4.69) is 0 Å². The minimum absolute atomic E-state index is 0.0597. The van der Waals surface area contributed by atoms with E-state index in [-0.39, 0.29) is 6.61 Å². The fraction of sp³-hybridized carbons (Fsp3) is 0.778. The van der Waals surface area contributed by atoms with Crippen LogP contribution in [0.15, 0.2) is 0 Å². The first-order chi connectivity index (χ1) is 6.99. The van der Waals surface area contributed by atoms with Crippen LogP contribution in [0.4, 0.5) is 0 Å². The summed E-state index contributed by atoms with van der Waals surface area (Å²) >= 11 is 0. The van der Waals surface area contributed by atoms with E-state index >= 15 is 0 Å². The molecule has 0 amide bonds. The highest BCUT2D eigenvalue weighted by Crippen LogP contribution is 2.21. The summed E-state index contributed by atoms with van der Waals surface area (Å²) in [6.07, 6.45) is -1.92. The van der Waals surface area contributed by atoms with Gasteiger partial charge in [-0.3, -0.25) is 9.59 Å². The zero-order chi connectivity index (χ0) is 11.4. The molecule has 86 valence electrons. The Hall–Kier alpha value is -1.14. The Morgan fingerprint density at radius 3 is 2.60 bits per heavy atom. The molecule has 1 aliphatic rings. The van der Waals surface area contributed by atoms with Crippen molar-refractivity contribution in [2.24, 2.45) is 0 Å². The second-order valence-electron chi connectivity index (χ2n) is 3.33. The molecule has 0 bridgehead atoms. The van der Waals surface area contributed by atoms with E-state index in [4.69, 9.17) is 14.2 Å². The second-order valence-corrected chi connectivity index (χ2v) is 3.33. The molecule has 0 unspecified atom stereocenters. The maximum atomic E-state index is 10.6. The molecule has 3 atom stereocenters. The first-order valence-corrected chi connectivity index (χ1v) is 4.63. The van der Waals surface area contributed by atoms with Crippen LogP contribution in [0.3, 0.4) is 0 Å². The highest BCUT2D eigenvalue weighted by atomic mass is 16.7. The minimum atomic E-state index is -1.14. The summed E-state index contributed by atoms with van der Waals surface area (Å²) in [6, 6.07) is 0. The van der Waals surface area contributed by atoms with Crippen LogP contribution in [0.1, 0.15) is 20.3 Å². The van der Waals surface area contributed by atoms with Gasteiger partial charge in [0.2, 0.25) is 0 Å². The van der Waals surface area contributed by atoms with Crippen molar-refractivity contribution in [2.75, 3.05) is 6.61 Å². The van der Waals surface area contributed by atoms with Gasteiger partial charge in [-0.05, 0) is 0 Å². The van der Waals surface area contributed by atoms with Gasteiger partial charge in [0.15, 0.2) is 12.4 Å². The third-order valence-corrected chi connectivity index (χ3v) is 1.93. The van der Waals surface area contributed by atoms with Gasteiger partial charge in [0, 0.05) is 20.3 Å². The van der Waals surface area contributed by atoms with Crippen molar-refractivity contribution in [3.05, 3.63) is 0 Å². The van der Waals surface area contributed by atoms with Crippen LogP contribution in [-0.4, -0.2) is 42.1 Å². The van der Waals surface area contributed by atoms with Gasteiger partial charge < -0.3 is 19.3 Å². The van der Waals surface area contributed by atoms with Crippen LogP contribution in [0.2, 0.25) is 0 Å². The lowest BCUT2D eigenvalue weighted by Gasteiger charge is -2.11. The summed E-state index contributed by atoms with van der Waals surface area (Å²) in [4.78, 5) is 21.2. The number of aliphatic hydroxyl groups is 1. The molecule has 0 aromatic heterocycles. The Morgan fingerprint density at radius 1 is 1.40 bits per heavy atom. The Balaban J connectivity index is 2.34.